The van der Waals surface area contributed by atoms with Crippen molar-refractivity contribution in [3.8, 4) is 5.82 Å². The molecule has 0 radical (unpaired) electrons. The molecule has 0 spiro atoms. The quantitative estimate of drug-likeness (QED) is 0.743. The van der Waals surface area contributed by atoms with Crippen LogP contribution in [0, 0.1) is 0 Å². The maximum atomic E-state index is 12.7. The second-order valence-electron chi connectivity index (χ2n) is 5.04. The van der Waals surface area contributed by atoms with Crippen LogP contribution in [-0.2, 0) is 0 Å². The van der Waals surface area contributed by atoms with Crippen molar-refractivity contribution < 1.29 is 4.79 Å². The summed E-state index contributed by atoms with van der Waals surface area (Å²) in [4.78, 5) is 14.5. The SMILES string of the molecule is CCN(CC=Cc1ccccc1)C(=O)c1cn[nH]c1-n1cnnn1. The van der Waals surface area contributed by atoms with E-state index in [-0.39, 0.29) is 5.91 Å². The number of aromatic nitrogens is 6. The first-order valence-electron chi connectivity index (χ1n) is 7.57. The van der Waals surface area contributed by atoms with E-state index in [1.165, 1.54) is 17.2 Å². The standard InChI is InChI=1S/C16H17N7O/c1-2-22(10-6-9-13-7-4-3-5-8-13)16(24)14-11-17-19-15(14)23-12-18-20-21-23/h3-9,11-12H,2,10H2,1H3,(H,17,19). The number of nitrogens with one attached hydrogen (secondary N) is 1. The van der Waals surface area contributed by atoms with Gasteiger partial charge in [-0.1, -0.05) is 42.5 Å². The average Bonchev–Trinajstić information content (AvgIpc) is 3.30. The fourth-order valence-electron chi connectivity index (χ4n) is 2.28. The molecule has 0 fully saturated rings. The molecule has 0 aliphatic heterocycles. The van der Waals surface area contributed by atoms with Crippen molar-refractivity contribution in [1.29, 1.82) is 0 Å². The zero-order valence-electron chi connectivity index (χ0n) is 13.2. The Bertz CT molecular complexity index is 808. The third kappa shape index (κ3) is 3.37. The van der Waals surface area contributed by atoms with Crippen LogP contribution >= 0.6 is 0 Å². The van der Waals surface area contributed by atoms with Gasteiger partial charge >= 0.3 is 0 Å². The maximum absolute atomic E-state index is 12.7. The molecule has 1 aromatic carbocycles. The Hall–Kier alpha value is -3.29. The topological polar surface area (TPSA) is 92.6 Å². The Morgan fingerprint density at radius 3 is 2.88 bits per heavy atom. The normalized spacial score (nSPS) is 11.0. The van der Waals surface area contributed by atoms with Crippen LogP contribution in [0.3, 0.4) is 0 Å². The van der Waals surface area contributed by atoms with Crippen molar-refractivity contribution in [3.63, 3.8) is 0 Å². The molecule has 24 heavy (non-hydrogen) atoms. The Balaban J connectivity index is 1.73. The summed E-state index contributed by atoms with van der Waals surface area (Å²) in [5.74, 6) is 0.324. The summed E-state index contributed by atoms with van der Waals surface area (Å²) in [6, 6.07) is 9.96. The smallest absolute Gasteiger partial charge is 0.259 e. The van der Waals surface area contributed by atoms with Gasteiger partial charge in [-0.05, 0) is 22.9 Å². The van der Waals surface area contributed by atoms with Crippen LogP contribution in [0.1, 0.15) is 22.8 Å². The average molecular weight is 323 g/mol. The highest BCUT2D eigenvalue weighted by atomic mass is 16.2. The molecule has 0 unspecified atom stereocenters. The van der Waals surface area contributed by atoms with Gasteiger partial charge in [0, 0.05) is 13.1 Å². The second kappa shape index (κ2) is 7.32. The van der Waals surface area contributed by atoms with Crippen molar-refractivity contribution in [3.05, 3.63) is 60.1 Å². The van der Waals surface area contributed by atoms with E-state index in [0.29, 0.717) is 24.5 Å². The monoisotopic (exact) mass is 323 g/mol. The molecule has 0 saturated carbocycles. The lowest BCUT2D eigenvalue weighted by Crippen LogP contribution is -2.31. The number of hydrogen-bond donors (Lipinski definition) is 1. The summed E-state index contributed by atoms with van der Waals surface area (Å²) < 4.78 is 1.38. The second-order valence-corrected chi connectivity index (χ2v) is 5.04. The Labute approximate surface area is 138 Å². The Morgan fingerprint density at radius 1 is 1.33 bits per heavy atom. The first kappa shape index (κ1) is 15.6. The third-order valence-corrected chi connectivity index (χ3v) is 3.53. The van der Waals surface area contributed by atoms with Crippen molar-refractivity contribution in [2.45, 2.75) is 6.92 Å². The minimum atomic E-state index is -0.130. The molecule has 0 saturated heterocycles. The van der Waals surface area contributed by atoms with Gasteiger partial charge in [-0.3, -0.25) is 9.89 Å². The summed E-state index contributed by atoms with van der Waals surface area (Å²) in [6.07, 6.45) is 6.86. The van der Waals surface area contributed by atoms with Gasteiger partial charge < -0.3 is 4.90 Å². The number of carbonyl (C=O) groups excluding carboxylic acids is 1. The van der Waals surface area contributed by atoms with E-state index in [4.69, 9.17) is 0 Å². The summed E-state index contributed by atoms with van der Waals surface area (Å²) in [6.45, 7) is 3.02. The highest BCUT2D eigenvalue weighted by Gasteiger charge is 2.20. The van der Waals surface area contributed by atoms with E-state index in [2.05, 4.69) is 25.7 Å². The van der Waals surface area contributed by atoms with Gasteiger partial charge in [0.05, 0.1) is 6.20 Å². The molecule has 0 atom stereocenters. The van der Waals surface area contributed by atoms with Crippen LogP contribution in [0.4, 0.5) is 0 Å². The number of rotatable bonds is 6. The number of benzene rings is 1. The summed E-state index contributed by atoms with van der Waals surface area (Å²) in [7, 11) is 0. The Kier molecular flexibility index (Phi) is 4.76. The largest absolute Gasteiger partial charge is 0.335 e. The van der Waals surface area contributed by atoms with Gasteiger partial charge in [0.2, 0.25) is 0 Å². The highest BCUT2D eigenvalue weighted by molar-refractivity contribution is 5.97. The fraction of sp³-hybridized carbons (Fsp3) is 0.188. The molecule has 8 nitrogen and oxygen atoms in total. The van der Waals surface area contributed by atoms with Crippen LogP contribution in [0.5, 0.6) is 0 Å². The first-order valence-corrected chi connectivity index (χ1v) is 7.57. The van der Waals surface area contributed by atoms with Gasteiger partial charge in [-0.15, -0.1) is 5.10 Å². The highest BCUT2D eigenvalue weighted by Crippen LogP contribution is 2.12. The summed E-state index contributed by atoms with van der Waals surface area (Å²) >= 11 is 0. The van der Waals surface area contributed by atoms with Crippen LogP contribution in [-0.4, -0.2) is 54.3 Å². The summed E-state index contributed by atoms with van der Waals surface area (Å²) in [5, 5.41) is 17.6. The molecule has 8 heteroatoms. The lowest BCUT2D eigenvalue weighted by molar-refractivity contribution is 0.0782. The van der Waals surface area contributed by atoms with Gasteiger partial charge in [-0.25, -0.2) is 0 Å². The van der Waals surface area contributed by atoms with E-state index >= 15 is 0 Å². The third-order valence-electron chi connectivity index (χ3n) is 3.53. The summed E-state index contributed by atoms with van der Waals surface area (Å²) in [5.41, 5.74) is 1.52. The zero-order chi connectivity index (χ0) is 16.8. The number of likely N-dealkylation sites (N-methyl/N-ethyl adjacent to an activating group) is 1. The molecule has 3 aromatic rings. The van der Waals surface area contributed by atoms with Crippen molar-refractivity contribution in [2.24, 2.45) is 0 Å². The molecule has 2 heterocycles. The molecule has 0 aliphatic rings. The van der Waals surface area contributed by atoms with Crippen LogP contribution in [0.2, 0.25) is 0 Å². The van der Waals surface area contributed by atoms with E-state index in [9.17, 15) is 4.79 Å². The maximum Gasteiger partial charge on any atom is 0.259 e. The number of H-pyrrole nitrogens is 1. The van der Waals surface area contributed by atoms with Crippen molar-refractivity contribution in [2.75, 3.05) is 13.1 Å². The molecule has 1 N–H and O–H groups in total. The van der Waals surface area contributed by atoms with Crippen LogP contribution in [0.15, 0.2) is 48.9 Å². The fourth-order valence-corrected chi connectivity index (χ4v) is 2.28. The van der Waals surface area contributed by atoms with E-state index in [1.54, 1.807) is 4.90 Å². The Morgan fingerprint density at radius 2 is 2.17 bits per heavy atom. The zero-order valence-corrected chi connectivity index (χ0v) is 13.2. The predicted octanol–water partition coefficient (Wildman–Crippen LogP) is 1.56. The number of hydrogen-bond acceptors (Lipinski definition) is 5. The van der Waals surface area contributed by atoms with E-state index in [1.807, 2.05) is 49.4 Å². The van der Waals surface area contributed by atoms with E-state index < -0.39 is 0 Å². The van der Waals surface area contributed by atoms with Gasteiger partial charge in [0.25, 0.3) is 5.91 Å². The number of tetrazole rings is 1. The molecule has 2 aromatic heterocycles. The van der Waals surface area contributed by atoms with Crippen molar-refractivity contribution in [1.82, 2.24) is 35.3 Å². The number of amides is 1. The minimum Gasteiger partial charge on any atom is -0.335 e. The molecule has 0 bridgehead atoms. The predicted molar refractivity (Wildman–Crippen MR) is 88.4 cm³/mol. The molecular formula is C16H17N7O. The molecule has 1 amide bonds. The van der Waals surface area contributed by atoms with E-state index in [0.717, 1.165) is 5.56 Å². The van der Waals surface area contributed by atoms with Gasteiger partial charge in [0.1, 0.15) is 11.9 Å². The lowest BCUT2D eigenvalue weighted by atomic mass is 10.2. The van der Waals surface area contributed by atoms with Crippen LogP contribution < -0.4 is 0 Å². The molecular weight excluding hydrogens is 306 g/mol. The lowest BCUT2D eigenvalue weighted by Gasteiger charge is -2.18. The van der Waals surface area contributed by atoms with Crippen LogP contribution in [0.25, 0.3) is 11.9 Å². The first-order chi connectivity index (χ1) is 11.8. The van der Waals surface area contributed by atoms with Gasteiger partial charge in [-0.2, -0.15) is 9.78 Å². The molecule has 3 rings (SSSR count). The van der Waals surface area contributed by atoms with Gasteiger partial charge in [0.15, 0.2) is 5.82 Å². The molecule has 0 aliphatic carbocycles. The number of nitrogens with zero attached hydrogens (tertiary/aromatic N) is 6. The number of aromatic amines is 1. The van der Waals surface area contributed by atoms with Crippen molar-refractivity contribution >= 4 is 12.0 Å². The number of carbonyl (C=O) groups is 1. The minimum absolute atomic E-state index is 0.130. The molecule has 122 valence electrons.